The van der Waals surface area contributed by atoms with Crippen LogP contribution in [0.25, 0.3) is 11.3 Å². The normalized spacial score (nSPS) is 15.0. The average Bonchev–Trinajstić information content (AvgIpc) is 3.35. The molecule has 0 spiro atoms. The topological polar surface area (TPSA) is 79.2 Å². The van der Waals surface area contributed by atoms with Crippen LogP contribution in [0.2, 0.25) is 0 Å². The number of rotatable bonds is 4. The van der Waals surface area contributed by atoms with E-state index in [-0.39, 0.29) is 11.7 Å². The Bertz CT molecular complexity index is 995. The molecule has 6 nitrogen and oxygen atoms in total. The van der Waals surface area contributed by atoms with Crippen molar-refractivity contribution in [1.29, 1.82) is 0 Å². The van der Waals surface area contributed by atoms with Crippen LogP contribution in [0.15, 0.2) is 47.1 Å². The molecule has 3 aromatic rings. The molecule has 1 amide bonds. The summed E-state index contributed by atoms with van der Waals surface area (Å²) in [6, 6.07) is 11.1. The minimum absolute atomic E-state index is 0.0590. The predicted molar refractivity (Wildman–Crippen MR) is 105 cm³/mol. The van der Waals surface area contributed by atoms with Gasteiger partial charge in [-0.05, 0) is 31.7 Å². The summed E-state index contributed by atoms with van der Waals surface area (Å²) < 4.78 is 5.30. The highest BCUT2D eigenvalue weighted by molar-refractivity contribution is 6.13. The van der Waals surface area contributed by atoms with Gasteiger partial charge in [-0.1, -0.05) is 42.4 Å². The van der Waals surface area contributed by atoms with Gasteiger partial charge in [0.25, 0.3) is 5.91 Å². The first-order chi connectivity index (χ1) is 13.5. The lowest BCUT2D eigenvalue weighted by Gasteiger charge is -2.29. The summed E-state index contributed by atoms with van der Waals surface area (Å²) in [5.41, 5.74) is 2.63. The van der Waals surface area contributed by atoms with Crippen LogP contribution in [0.5, 0.6) is 0 Å². The number of aromatic nitrogens is 2. The Labute approximate surface area is 163 Å². The van der Waals surface area contributed by atoms with E-state index in [1.165, 1.54) is 0 Å². The Hall–Kier alpha value is -3.15. The van der Waals surface area contributed by atoms with Crippen molar-refractivity contribution < 1.29 is 14.1 Å². The first-order valence-corrected chi connectivity index (χ1v) is 9.58. The molecule has 1 N–H and O–H groups in total. The van der Waals surface area contributed by atoms with E-state index in [1.54, 1.807) is 19.2 Å². The maximum atomic E-state index is 13.1. The zero-order valence-corrected chi connectivity index (χ0v) is 16.1. The maximum absolute atomic E-state index is 13.1. The van der Waals surface area contributed by atoms with Crippen LogP contribution in [-0.2, 0) is 0 Å². The van der Waals surface area contributed by atoms with Gasteiger partial charge in [0.05, 0.1) is 5.56 Å². The quantitative estimate of drug-likeness (QED) is 0.695. The van der Waals surface area contributed by atoms with Crippen LogP contribution >= 0.6 is 0 Å². The zero-order valence-electron chi connectivity index (χ0n) is 16.1. The minimum atomic E-state index is -0.208. The molecule has 0 bridgehead atoms. The van der Waals surface area contributed by atoms with Gasteiger partial charge in [0.1, 0.15) is 17.1 Å². The van der Waals surface area contributed by atoms with Crippen LogP contribution in [0, 0.1) is 12.8 Å². The molecular formula is C22H23N3O3. The number of benzene rings is 1. The summed E-state index contributed by atoms with van der Waals surface area (Å²) in [7, 11) is 0. The lowest BCUT2D eigenvalue weighted by atomic mass is 9.98. The summed E-state index contributed by atoms with van der Waals surface area (Å²) in [5, 5.41) is 4.07. The Balaban J connectivity index is 1.59. The molecule has 1 aliphatic rings. The number of likely N-dealkylation sites (tertiary alicyclic amines) is 1. The van der Waals surface area contributed by atoms with Crippen molar-refractivity contribution >= 4 is 11.7 Å². The van der Waals surface area contributed by atoms with Gasteiger partial charge in [-0.2, -0.15) is 0 Å². The monoisotopic (exact) mass is 377 g/mol. The fraction of sp³-hybridized carbons (Fsp3) is 0.318. The number of ketones is 1. The SMILES string of the molecule is Cc1onc(-c2ccccc2)c1C(=O)c1c[nH]c(C(=O)N2CCC(C)CC2)c1. The molecular weight excluding hydrogens is 354 g/mol. The fourth-order valence-corrected chi connectivity index (χ4v) is 3.61. The van der Waals surface area contributed by atoms with E-state index < -0.39 is 0 Å². The van der Waals surface area contributed by atoms with Crippen LogP contribution in [-0.4, -0.2) is 39.8 Å². The molecule has 0 unspecified atom stereocenters. The Morgan fingerprint density at radius 2 is 1.89 bits per heavy atom. The summed E-state index contributed by atoms with van der Waals surface area (Å²) in [5.74, 6) is 0.845. The number of carbonyl (C=O) groups excluding carboxylic acids is 2. The number of piperidine rings is 1. The molecule has 0 radical (unpaired) electrons. The van der Waals surface area contributed by atoms with Gasteiger partial charge in [0, 0.05) is 30.4 Å². The largest absolute Gasteiger partial charge is 0.360 e. The molecule has 0 atom stereocenters. The molecule has 144 valence electrons. The zero-order chi connectivity index (χ0) is 19.7. The second kappa shape index (κ2) is 7.46. The predicted octanol–water partition coefficient (Wildman–Crippen LogP) is 4.08. The summed E-state index contributed by atoms with van der Waals surface area (Å²) in [6.45, 7) is 5.44. The van der Waals surface area contributed by atoms with Gasteiger partial charge >= 0.3 is 0 Å². The van der Waals surface area contributed by atoms with Gasteiger partial charge in [-0.15, -0.1) is 0 Å². The molecule has 4 rings (SSSR count). The van der Waals surface area contributed by atoms with Crippen LogP contribution in [0.1, 0.15) is 51.9 Å². The third-order valence-corrected chi connectivity index (χ3v) is 5.38. The van der Waals surface area contributed by atoms with Crippen molar-refractivity contribution in [3.8, 4) is 11.3 Å². The maximum Gasteiger partial charge on any atom is 0.270 e. The van der Waals surface area contributed by atoms with E-state index in [0.717, 1.165) is 31.5 Å². The van der Waals surface area contributed by atoms with Crippen molar-refractivity contribution in [2.24, 2.45) is 5.92 Å². The average molecular weight is 377 g/mol. The molecule has 28 heavy (non-hydrogen) atoms. The van der Waals surface area contributed by atoms with Crippen molar-refractivity contribution in [1.82, 2.24) is 15.0 Å². The van der Waals surface area contributed by atoms with Gasteiger partial charge in [-0.25, -0.2) is 0 Å². The van der Waals surface area contributed by atoms with E-state index in [4.69, 9.17) is 4.52 Å². The van der Waals surface area contributed by atoms with Crippen LogP contribution in [0.3, 0.4) is 0 Å². The molecule has 1 fully saturated rings. The lowest BCUT2D eigenvalue weighted by molar-refractivity contribution is 0.0692. The highest BCUT2D eigenvalue weighted by Gasteiger charge is 2.26. The molecule has 0 saturated carbocycles. The molecule has 6 heteroatoms. The number of amides is 1. The first-order valence-electron chi connectivity index (χ1n) is 9.58. The van der Waals surface area contributed by atoms with Crippen molar-refractivity contribution in [2.75, 3.05) is 13.1 Å². The van der Waals surface area contributed by atoms with E-state index in [0.29, 0.717) is 34.2 Å². The van der Waals surface area contributed by atoms with Crippen LogP contribution < -0.4 is 0 Å². The highest BCUT2D eigenvalue weighted by atomic mass is 16.5. The summed E-state index contributed by atoms with van der Waals surface area (Å²) >= 11 is 0. The number of nitrogens with zero attached hydrogens (tertiary/aromatic N) is 2. The third kappa shape index (κ3) is 3.38. The number of aryl methyl sites for hydroxylation is 1. The van der Waals surface area contributed by atoms with Gasteiger partial charge in [0.2, 0.25) is 0 Å². The molecule has 3 heterocycles. The van der Waals surface area contributed by atoms with Gasteiger partial charge in [-0.3, -0.25) is 9.59 Å². The van der Waals surface area contributed by atoms with Crippen molar-refractivity contribution in [2.45, 2.75) is 26.7 Å². The Morgan fingerprint density at radius 1 is 1.18 bits per heavy atom. The van der Waals surface area contributed by atoms with Crippen molar-refractivity contribution in [3.05, 3.63) is 65.2 Å². The van der Waals surface area contributed by atoms with E-state index in [1.807, 2.05) is 35.2 Å². The second-order valence-electron chi connectivity index (χ2n) is 7.43. The fourth-order valence-electron chi connectivity index (χ4n) is 3.61. The number of aromatic amines is 1. The minimum Gasteiger partial charge on any atom is -0.360 e. The number of H-pyrrole nitrogens is 1. The van der Waals surface area contributed by atoms with Gasteiger partial charge < -0.3 is 14.4 Å². The first kappa shape index (κ1) is 18.2. The Morgan fingerprint density at radius 3 is 2.61 bits per heavy atom. The standard InChI is InChI=1S/C22H23N3O3/c1-14-8-10-25(11-9-14)22(27)18-12-17(13-23-18)21(26)19-15(2)28-24-20(19)16-6-4-3-5-7-16/h3-7,12-14,23H,8-11H2,1-2H3. The number of carbonyl (C=O) groups is 2. The third-order valence-electron chi connectivity index (χ3n) is 5.38. The number of hydrogen-bond donors (Lipinski definition) is 1. The van der Waals surface area contributed by atoms with Crippen LogP contribution in [0.4, 0.5) is 0 Å². The van der Waals surface area contributed by atoms with E-state index in [2.05, 4.69) is 17.1 Å². The smallest absolute Gasteiger partial charge is 0.270 e. The van der Waals surface area contributed by atoms with E-state index >= 15 is 0 Å². The summed E-state index contributed by atoms with van der Waals surface area (Å²) in [4.78, 5) is 30.7. The second-order valence-corrected chi connectivity index (χ2v) is 7.43. The van der Waals surface area contributed by atoms with Crippen molar-refractivity contribution in [3.63, 3.8) is 0 Å². The summed E-state index contributed by atoms with van der Waals surface area (Å²) in [6.07, 6.45) is 3.61. The number of nitrogens with one attached hydrogen (secondary N) is 1. The lowest BCUT2D eigenvalue weighted by Crippen LogP contribution is -2.38. The Kier molecular flexibility index (Phi) is 4.86. The molecule has 0 aliphatic carbocycles. The van der Waals surface area contributed by atoms with Gasteiger partial charge in [0.15, 0.2) is 5.78 Å². The van der Waals surface area contributed by atoms with E-state index in [9.17, 15) is 9.59 Å². The highest BCUT2D eigenvalue weighted by Crippen LogP contribution is 2.28. The number of hydrogen-bond acceptors (Lipinski definition) is 4. The molecule has 1 aliphatic heterocycles. The molecule has 1 saturated heterocycles. The molecule has 1 aromatic carbocycles. The molecule has 2 aromatic heterocycles.